The first kappa shape index (κ1) is 22.2. The summed E-state index contributed by atoms with van der Waals surface area (Å²) in [6.45, 7) is 3.75. The average Bonchev–Trinajstić information content (AvgIpc) is 3.17. The predicted octanol–water partition coefficient (Wildman–Crippen LogP) is 5.11. The van der Waals surface area contributed by atoms with Crippen LogP contribution in [0.25, 0.3) is 10.6 Å². The Morgan fingerprint density at radius 1 is 1.16 bits per heavy atom. The molecule has 0 spiro atoms. The number of piperidine rings is 1. The van der Waals surface area contributed by atoms with Crippen molar-refractivity contribution in [2.75, 3.05) is 5.32 Å². The maximum absolute atomic E-state index is 12.9. The molecule has 6 nitrogen and oxygen atoms in total. The Labute approximate surface area is 195 Å². The van der Waals surface area contributed by atoms with Gasteiger partial charge in [-0.15, -0.1) is 11.3 Å². The predicted molar refractivity (Wildman–Crippen MR) is 126 cm³/mol. The first-order valence-corrected chi connectivity index (χ1v) is 11.5. The van der Waals surface area contributed by atoms with Crippen molar-refractivity contribution in [1.82, 2.24) is 10.3 Å². The first-order valence-electron chi connectivity index (χ1n) is 10.3. The Bertz CT molecular complexity index is 1190. The van der Waals surface area contributed by atoms with Crippen molar-refractivity contribution >= 4 is 46.3 Å². The summed E-state index contributed by atoms with van der Waals surface area (Å²) < 4.78 is 0. The lowest BCUT2D eigenvalue weighted by atomic mass is 9.72. The molecule has 32 heavy (non-hydrogen) atoms. The van der Waals surface area contributed by atoms with Gasteiger partial charge in [0.15, 0.2) is 0 Å². The lowest BCUT2D eigenvalue weighted by Gasteiger charge is -2.35. The van der Waals surface area contributed by atoms with Crippen LogP contribution in [0, 0.1) is 6.92 Å². The van der Waals surface area contributed by atoms with Gasteiger partial charge in [0.25, 0.3) is 5.91 Å². The van der Waals surface area contributed by atoms with Crippen LogP contribution in [0.3, 0.4) is 0 Å². The number of aryl methyl sites for hydroxylation is 1. The van der Waals surface area contributed by atoms with Crippen LogP contribution in [0.1, 0.15) is 47.1 Å². The number of thiazole rings is 1. The summed E-state index contributed by atoms with van der Waals surface area (Å²) in [5.74, 6) is -0.733. The number of halogens is 1. The highest BCUT2D eigenvalue weighted by molar-refractivity contribution is 7.17. The molecule has 1 saturated heterocycles. The van der Waals surface area contributed by atoms with Gasteiger partial charge in [-0.1, -0.05) is 42.8 Å². The molecule has 4 rings (SSSR count). The lowest BCUT2D eigenvalue weighted by molar-refractivity contribution is -0.138. The van der Waals surface area contributed by atoms with Crippen LogP contribution in [0.15, 0.2) is 48.5 Å². The number of benzene rings is 2. The van der Waals surface area contributed by atoms with Crippen LogP contribution in [0.5, 0.6) is 0 Å². The molecule has 8 heteroatoms. The fourth-order valence-corrected chi connectivity index (χ4v) is 5.04. The first-order chi connectivity index (χ1) is 15.3. The number of nitrogens with zero attached hydrogens (tertiary/aromatic N) is 1. The van der Waals surface area contributed by atoms with E-state index in [1.165, 1.54) is 11.3 Å². The summed E-state index contributed by atoms with van der Waals surface area (Å²) in [4.78, 5) is 42.1. The summed E-state index contributed by atoms with van der Waals surface area (Å²) in [5.41, 5.74) is 2.29. The zero-order chi connectivity index (χ0) is 22.9. The van der Waals surface area contributed by atoms with Crippen LogP contribution in [0.4, 0.5) is 5.69 Å². The maximum atomic E-state index is 12.9. The Kier molecular flexibility index (Phi) is 6.13. The van der Waals surface area contributed by atoms with E-state index in [0.717, 1.165) is 16.1 Å². The molecule has 3 amide bonds. The van der Waals surface area contributed by atoms with Gasteiger partial charge in [0.05, 0.1) is 11.1 Å². The molecule has 1 atom stereocenters. The number of rotatable bonds is 5. The highest BCUT2D eigenvalue weighted by Gasteiger charge is 2.42. The monoisotopic (exact) mass is 467 g/mol. The number of carbonyl (C=O) groups excluding carboxylic acids is 3. The SMILES string of the molecule is CCC1(c2ccc(NC(=O)c3sc(-c4ccc(Cl)cc4)nc3C)cc2)CCC(=O)NC1=O. The van der Waals surface area contributed by atoms with Crippen LogP contribution in [-0.2, 0) is 15.0 Å². The largest absolute Gasteiger partial charge is 0.321 e. The van der Waals surface area contributed by atoms with E-state index < -0.39 is 5.41 Å². The molecular weight excluding hydrogens is 446 g/mol. The topological polar surface area (TPSA) is 88.2 Å². The Morgan fingerprint density at radius 3 is 2.47 bits per heavy atom. The fourth-order valence-electron chi connectivity index (χ4n) is 3.95. The molecule has 1 aliphatic heterocycles. The second-order valence-electron chi connectivity index (χ2n) is 7.78. The van der Waals surface area contributed by atoms with Crippen molar-refractivity contribution in [2.24, 2.45) is 0 Å². The number of carbonyl (C=O) groups is 3. The summed E-state index contributed by atoms with van der Waals surface area (Å²) in [7, 11) is 0. The number of imide groups is 1. The van der Waals surface area contributed by atoms with Gasteiger partial charge in [-0.25, -0.2) is 4.98 Å². The molecule has 0 aliphatic carbocycles. The summed E-state index contributed by atoms with van der Waals surface area (Å²) >= 11 is 7.28. The van der Waals surface area contributed by atoms with Crippen molar-refractivity contribution in [3.8, 4) is 10.6 Å². The Balaban J connectivity index is 1.52. The quantitative estimate of drug-likeness (QED) is 0.510. The van der Waals surface area contributed by atoms with Gasteiger partial charge in [-0.2, -0.15) is 0 Å². The summed E-state index contributed by atoms with van der Waals surface area (Å²) in [5, 5.41) is 6.76. The number of anilines is 1. The highest BCUT2D eigenvalue weighted by atomic mass is 35.5. The van der Waals surface area contributed by atoms with Gasteiger partial charge in [0.1, 0.15) is 9.88 Å². The van der Waals surface area contributed by atoms with E-state index in [1.807, 2.05) is 38.1 Å². The molecule has 1 unspecified atom stereocenters. The summed E-state index contributed by atoms with van der Waals surface area (Å²) in [6, 6.07) is 14.6. The van der Waals surface area contributed by atoms with Crippen molar-refractivity contribution in [3.05, 3.63) is 69.7 Å². The van der Waals surface area contributed by atoms with E-state index in [1.54, 1.807) is 24.3 Å². The lowest BCUT2D eigenvalue weighted by Crippen LogP contribution is -2.51. The van der Waals surface area contributed by atoms with Gasteiger partial charge in [0.2, 0.25) is 11.8 Å². The van der Waals surface area contributed by atoms with E-state index in [4.69, 9.17) is 11.6 Å². The van der Waals surface area contributed by atoms with Gasteiger partial charge in [-0.05, 0) is 49.6 Å². The van der Waals surface area contributed by atoms with Crippen LogP contribution in [-0.4, -0.2) is 22.7 Å². The van der Waals surface area contributed by atoms with E-state index >= 15 is 0 Å². The molecule has 2 aromatic carbocycles. The number of hydrogen-bond donors (Lipinski definition) is 2. The molecule has 3 aromatic rings. The van der Waals surface area contributed by atoms with Crippen molar-refractivity contribution in [3.63, 3.8) is 0 Å². The zero-order valence-electron chi connectivity index (χ0n) is 17.7. The zero-order valence-corrected chi connectivity index (χ0v) is 19.3. The smallest absolute Gasteiger partial charge is 0.267 e. The number of nitrogens with one attached hydrogen (secondary N) is 2. The van der Waals surface area contributed by atoms with Crippen molar-refractivity contribution in [2.45, 2.75) is 38.5 Å². The molecule has 1 aromatic heterocycles. The Morgan fingerprint density at radius 2 is 1.84 bits per heavy atom. The number of aromatic nitrogens is 1. The third-order valence-corrected chi connectivity index (χ3v) is 7.32. The minimum atomic E-state index is -0.724. The minimum absolute atomic E-state index is 0.235. The van der Waals surface area contributed by atoms with E-state index in [0.29, 0.717) is 40.5 Å². The number of hydrogen-bond acceptors (Lipinski definition) is 5. The standard InChI is InChI=1S/C24H22ClN3O3S/c1-3-24(13-12-19(29)28-23(24)31)16-6-10-18(11-7-16)27-21(30)20-14(2)26-22(32-20)15-4-8-17(25)9-5-15/h4-11H,3,12-13H2,1-2H3,(H,27,30)(H,28,29,31). The van der Waals surface area contributed by atoms with Crippen molar-refractivity contribution < 1.29 is 14.4 Å². The van der Waals surface area contributed by atoms with Gasteiger partial charge < -0.3 is 5.32 Å². The Hall–Kier alpha value is -3.03. The van der Waals surface area contributed by atoms with Gasteiger partial charge in [0, 0.05) is 22.7 Å². The minimum Gasteiger partial charge on any atom is -0.321 e. The normalized spacial score (nSPS) is 18.3. The molecule has 2 heterocycles. The second-order valence-corrected chi connectivity index (χ2v) is 9.22. The van der Waals surface area contributed by atoms with Crippen LogP contribution < -0.4 is 10.6 Å². The average molecular weight is 468 g/mol. The molecule has 1 fully saturated rings. The van der Waals surface area contributed by atoms with E-state index in [-0.39, 0.29) is 17.7 Å². The molecular formula is C24H22ClN3O3S. The van der Waals surface area contributed by atoms with Crippen molar-refractivity contribution in [1.29, 1.82) is 0 Å². The molecule has 0 bridgehead atoms. The number of amides is 3. The highest BCUT2D eigenvalue weighted by Crippen LogP contribution is 2.36. The third kappa shape index (κ3) is 4.18. The van der Waals surface area contributed by atoms with Gasteiger partial charge >= 0.3 is 0 Å². The fraction of sp³-hybridized carbons (Fsp3) is 0.250. The molecule has 0 saturated carbocycles. The van der Waals surface area contributed by atoms with Gasteiger partial charge in [-0.3, -0.25) is 19.7 Å². The molecule has 2 N–H and O–H groups in total. The van der Waals surface area contributed by atoms with Crippen LogP contribution in [0.2, 0.25) is 5.02 Å². The third-order valence-electron chi connectivity index (χ3n) is 5.86. The molecule has 1 aliphatic rings. The van der Waals surface area contributed by atoms with E-state index in [9.17, 15) is 14.4 Å². The van der Waals surface area contributed by atoms with Crippen LogP contribution >= 0.6 is 22.9 Å². The summed E-state index contributed by atoms with van der Waals surface area (Å²) in [6.07, 6.45) is 1.39. The second kappa shape index (κ2) is 8.84. The molecule has 0 radical (unpaired) electrons. The molecule has 164 valence electrons. The van der Waals surface area contributed by atoms with E-state index in [2.05, 4.69) is 15.6 Å². The maximum Gasteiger partial charge on any atom is 0.267 e.